The van der Waals surface area contributed by atoms with Gasteiger partial charge >= 0.3 is 5.91 Å². The average molecular weight is 223 g/mol. The summed E-state index contributed by atoms with van der Waals surface area (Å²) in [6.45, 7) is -0.822. The minimum atomic E-state index is -0.822. The van der Waals surface area contributed by atoms with Gasteiger partial charge < -0.3 is 5.11 Å². The standard InChI is InChI=1S/C9H9N3O4/c13-8-3-1-2-7(4-8)5-10-11-9(14)6-12(15)16/h1-5,13H,6H2,(H,11,14)/b10-5+. The molecular formula is C9H9N3O4. The number of aromatic hydroxyl groups is 1. The van der Waals surface area contributed by atoms with E-state index in [2.05, 4.69) is 5.10 Å². The Bertz CT molecular complexity index is 431. The molecule has 1 aromatic rings. The first-order valence-electron chi connectivity index (χ1n) is 4.30. The van der Waals surface area contributed by atoms with Crippen LogP contribution in [0, 0.1) is 10.1 Å². The van der Waals surface area contributed by atoms with Crippen LogP contribution in [-0.4, -0.2) is 28.7 Å². The van der Waals surface area contributed by atoms with E-state index < -0.39 is 17.4 Å². The molecule has 0 unspecified atom stereocenters. The molecule has 1 amide bonds. The van der Waals surface area contributed by atoms with Crippen LogP contribution in [0.5, 0.6) is 5.75 Å². The minimum Gasteiger partial charge on any atom is -0.508 e. The van der Waals surface area contributed by atoms with Crippen LogP contribution in [0.15, 0.2) is 29.4 Å². The normalized spacial score (nSPS) is 10.2. The van der Waals surface area contributed by atoms with Gasteiger partial charge in [0, 0.05) is 4.92 Å². The number of hydrogen-bond acceptors (Lipinski definition) is 5. The summed E-state index contributed by atoms with van der Waals surface area (Å²) in [5, 5.41) is 22.5. The van der Waals surface area contributed by atoms with E-state index in [1.165, 1.54) is 18.3 Å². The highest BCUT2D eigenvalue weighted by Crippen LogP contribution is 2.08. The smallest absolute Gasteiger partial charge is 0.311 e. The number of nitrogens with one attached hydrogen (secondary N) is 1. The van der Waals surface area contributed by atoms with Gasteiger partial charge in [-0.15, -0.1) is 0 Å². The number of hydrogen-bond donors (Lipinski definition) is 2. The first-order chi connectivity index (χ1) is 7.58. The molecule has 0 fully saturated rings. The Morgan fingerprint density at radius 1 is 1.62 bits per heavy atom. The van der Waals surface area contributed by atoms with Crippen LogP contribution in [0.4, 0.5) is 0 Å². The zero-order chi connectivity index (χ0) is 12.0. The molecule has 1 rings (SSSR count). The maximum Gasteiger partial charge on any atom is 0.311 e. The third kappa shape index (κ3) is 4.18. The van der Waals surface area contributed by atoms with Gasteiger partial charge in [0.05, 0.1) is 6.21 Å². The van der Waals surface area contributed by atoms with Crippen molar-refractivity contribution in [3.8, 4) is 5.75 Å². The second kappa shape index (κ2) is 5.44. The highest BCUT2D eigenvalue weighted by Gasteiger charge is 2.06. The first kappa shape index (κ1) is 11.6. The molecule has 0 aliphatic rings. The summed E-state index contributed by atoms with van der Waals surface area (Å²) in [7, 11) is 0. The van der Waals surface area contributed by atoms with E-state index in [9.17, 15) is 14.9 Å². The lowest BCUT2D eigenvalue weighted by atomic mass is 10.2. The maximum atomic E-state index is 10.8. The van der Waals surface area contributed by atoms with Crippen LogP contribution in [0.3, 0.4) is 0 Å². The van der Waals surface area contributed by atoms with Crippen molar-refractivity contribution in [3.63, 3.8) is 0 Å². The number of carbonyl (C=O) groups excluding carboxylic acids is 1. The van der Waals surface area contributed by atoms with Crippen molar-refractivity contribution in [2.45, 2.75) is 0 Å². The Morgan fingerprint density at radius 3 is 3.00 bits per heavy atom. The Kier molecular flexibility index (Phi) is 3.96. The molecule has 0 radical (unpaired) electrons. The summed E-state index contributed by atoms with van der Waals surface area (Å²) in [6.07, 6.45) is 1.28. The fraction of sp³-hybridized carbons (Fsp3) is 0.111. The van der Waals surface area contributed by atoms with Crippen LogP contribution < -0.4 is 5.43 Å². The molecule has 0 saturated heterocycles. The topological polar surface area (TPSA) is 105 Å². The van der Waals surface area contributed by atoms with Crippen LogP contribution >= 0.6 is 0 Å². The molecule has 0 aliphatic heterocycles. The van der Waals surface area contributed by atoms with Gasteiger partial charge in [-0.25, -0.2) is 5.43 Å². The van der Waals surface area contributed by atoms with E-state index in [1.54, 1.807) is 12.1 Å². The van der Waals surface area contributed by atoms with Crippen molar-refractivity contribution in [2.75, 3.05) is 6.54 Å². The van der Waals surface area contributed by atoms with Gasteiger partial charge in [0.15, 0.2) is 0 Å². The number of amides is 1. The molecule has 7 heteroatoms. The maximum absolute atomic E-state index is 10.8. The second-order valence-electron chi connectivity index (χ2n) is 2.88. The molecule has 84 valence electrons. The van der Waals surface area contributed by atoms with Crippen LogP contribution in [0.1, 0.15) is 5.56 Å². The van der Waals surface area contributed by atoms with Gasteiger partial charge in [0.1, 0.15) is 5.75 Å². The molecular weight excluding hydrogens is 214 g/mol. The summed E-state index contributed by atoms with van der Waals surface area (Å²) >= 11 is 0. The third-order valence-electron chi connectivity index (χ3n) is 1.55. The number of nitrogens with zero attached hydrogens (tertiary/aromatic N) is 2. The molecule has 0 spiro atoms. The van der Waals surface area contributed by atoms with E-state index >= 15 is 0 Å². The van der Waals surface area contributed by atoms with Crippen molar-refractivity contribution >= 4 is 12.1 Å². The summed E-state index contributed by atoms with van der Waals surface area (Å²) in [5.41, 5.74) is 2.56. The van der Waals surface area contributed by atoms with E-state index in [0.29, 0.717) is 5.56 Å². The predicted molar refractivity (Wildman–Crippen MR) is 55.7 cm³/mol. The van der Waals surface area contributed by atoms with Crippen molar-refractivity contribution in [1.82, 2.24) is 5.43 Å². The Balaban J connectivity index is 2.49. The van der Waals surface area contributed by atoms with Gasteiger partial charge in [-0.2, -0.15) is 5.10 Å². The largest absolute Gasteiger partial charge is 0.508 e. The fourth-order valence-corrected chi connectivity index (χ4v) is 0.937. The monoisotopic (exact) mass is 223 g/mol. The van der Waals surface area contributed by atoms with Gasteiger partial charge in [0.25, 0.3) is 6.54 Å². The molecule has 1 aromatic carbocycles. The number of benzene rings is 1. The number of phenolic OH excluding ortho intramolecular Hbond substituents is 1. The SMILES string of the molecule is O=C(C[N+](=O)[O-])N/N=C/c1cccc(O)c1. The third-order valence-corrected chi connectivity index (χ3v) is 1.55. The minimum absolute atomic E-state index is 0.0700. The summed E-state index contributed by atoms with van der Waals surface area (Å²) in [6, 6.07) is 6.18. The van der Waals surface area contributed by atoms with Crippen LogP contribution in [0.25, 0.3) is 0 Å². The molecule has 0 heterocycles. The first-order valence-corrected chi connectivity index (χ1v) is 4.30. The Hall–Kier alpha value is -2.44. The highest BCUT2D eigenvalue weighted by atomic mass is 16.6. The number of nitro groups is 1. The molecule has 0 aromatic heterocycles. The number of phenols is 1. The molecule has 0 bridgehead atoms. The fourth-order valence-electron chi connectivity index (χ4n) is 0.937. The number of rotatable bonds is 4. The lowest BCUT2D eigenvalue weighted by molar-refractivity contribution is -0.467. The van der Waals surface area contributed by atoms with E-state index in [-0.39, 0.29) is 5.75 Å². The predicted octanol–water partition coefficient (Wildman–Crippen LogP) is 0.119. The molecule has 2 N–H and O–H groups in total. The Labute approximate surface area is 90.6 Å². The molecule has 16 heavy (non-hydrogen) atoms. The quantitative estimate of drug-likeness (QED) is 0.429. The highest BCUT2D eigenvalue weighted by molar-refractivity contribution is 5.83. The number of hydrazone groups is 1. The molecule has 0 aliphatic carbocycles. The van der Waals surface area contributed by atoms with Gasteiger partial charge in [-0.1, -0.05) is 12.1 Å². The summed E-state index contributed by atoms with van der Waals surface area (Å²) in [4.78, 5) is 20.0. The Morgan fingerprint density at radius 2 is 2.38 bits per heavy atom. The van der Waals surface area contributed by atoms with E-state index in [4.69, 9.17) is 5.11 Å². The van der Waals surface area contributed by atoms with Crippen LogP contribution in [-0.2, 0) is 4.79 Å². The van der Waals surface area contributed by atoms with Gasteiger partial charge in [-0.05, 0) is 17.7 Å². The van der Waals surface area contributed by atoms with E-state index in [0.717, 1.165) is 0 Å². The van der Waals surface area contributed by atoms with Crippen LogP contribution in [0.2, 0.25) is 0 Å². The second-order valence-corrected chi connectivity index (χ2v) is 2.88. The summed E-state index contributed by atoms with van der Waals surface area (Å²) in [5.74, 6) is -0.734. The summed E-state index contributed by atoms with van der Waals surface area (Å²) < 4.78 is 0. The van der Waals surface area contributed by atoms with Crippen molar-refractivity contribution in [1.29, 1.82) is 0 Å². The van der Waals surface area contributed by atoms with Crippen molar-refractivity contribution in [2.24, 2.45) is 5.10 Å². The molecule has 0 saturated carbocycles. The lowest BCUT2D eigenvalue weighted by Crippen LogP contribution is -2.25. The average Bonchev–Trinajstić information content (AvgIpc) is 2.16. The van der Waals surface area contributed by atoms with Crippen molar-refractivity contribution < 1.29 is 14.8 Å². The van der Waals surface area contributed by atoms with E-state index in [1.807, 2.05) is 5.43 Å². The zero-order valence-electron chi connectivity index (χ0n) is 8.16. The van der Waals surface area contributed by atoms with Gasteiger partial charge in [0.2, 0.25) is 0 Å². The number of carbonyl (C=O) groups is 1. The molecule has 7 nitrogen and oxygen atoms in total. The lowest BCUT2D eigenvalue weighted by Gasteiger charge is -1.95. The molecule has 0 atom stereocenters. The van der Waals surface area contributed by atoms with Crippen molar-refractivity contribution in [3.05, 3.63) is 39.9 Å². The van der Waals surface area contributed by atoms with Gasteiger partial charge in [-0.3, -0.25) is 14.9 Å². The zero-order valence-corrected chi connectivity index (χ0v) is 8.16.